The number of aliphatic hydroxyl groups excluding tert-OH is 2. The van der Waals surface area contributed by atoms with Gasteiger partial charge in [-0.05, 0) is 20.8 Å². The van der Waals surface area contributed by atoms with Crippen molar-refractivity contribution in [2.45, 2.75) is 114 Å². The van der Waals surface area contributed by atoms with Gasteiger partial charge in [-0.15, -0.1) is 0 Å². The summed E-state index contributed by atoms with van der Waals surface area (Å²) >= 11 is 0. The molecule has 3 rings (SSSR count). The van der Waals surface area contributed by atoms with Crippen molar-refractivity contribution in [1.82, 2.24) is 0 Å². The van der Waals surface area contributed by atoms with Crippen LogP contribution in [0.4, 0.5) is 0 Å². The second-order valence-corrected chi connectivity index (χ2v) is 8.90. The molecule has 34 heavy (non-hydrogen) atoms. The van der Waals surface area contributed by atoms with Gasteiger partial charge < -0.3 is 52.8 Å². The molecule has 0 aromatic heterocycles. The zero-order chi connectivity index (χ0) is 25.4. The smallest absolute Gasteiger partial charge is 0.161 e. The molecule has 3 fully saturated rings. The van der Waals surface area contributed by atoms with E-state index in [-0.39, 0.29) is 55.3 Å². The second kappa shape index (κ2) is 14.3. The molecule has 0 radical (unpaired) electrons. The van der Waals surface area contributed by atoms with Crippen molar-refractivity contribution in [3.8, 4) is 0 Å². The third-order valence-electron chi connectivity index (χ3n) is 6.67. The van der Waals surface area contributed by atoms with Crippen LogP contribution in [0.5, 0.6) is 0 Å². The quantitative estimate of drug-likeness (QED) is 0.521. The number of ether oxygens (including phenoxy) is 9. The minimum absolute atomic E-state index is 0.138. The maximum atomic E-state index is 10.0. The Morgan fingerprint density at radius 2 is 0.912 bits per heavy atom. The number of aliphatic hydroxyl groups is 2. The van der Waals surface area contributed by atoms with Crippen molar-refractivity contribution >= 4 is 0 Å². The van der Waals surface area contributed by atoms with Crippen LogP contribution >= 0.6 is 0 Å². The molecule has 3 aliphatic rings. The average Bonchev–Trinajstić information content (AvgIpc) is 2.84. The van der Waals surface area contributed by atoms with Crippen molar-refractivity contribution in [2.24, 2.45) is 0 Å². The van der Waals surface area contributed by atoms with E-state index in [4.69, 9.17) is 42.6 Å². The van der Waals surface area contributed by atoms with Gasteiger partial charge in [0.2, 0.25) is 0 Å². The Hall–Kier alpha value is -0.440. The first-order valence-corrected chi connectivity index (χ1v) is 11.8. The predicted octanol–water partition coefficient (Wildman–Crippen LogP) is 0.822. The predicted molar refractivity (Wildman–Crippen MR) is 120 cm³/mol. The van der Waals surface area contributed by atoms with Crippen LogP contribution in [0.3, 0.4) is 0 Å². The highest BCUT2D eigenvalue weighted by atomic mass is 16.7. The maximum absolute atomic E-state index is 10.0. The molecule has 3 saturated heterocycles. The van der Waals surface area contributed by atoms with Gasteiger partial charge >= 0.3 is 0 Å². The summed E-state index contributed by atoms with van der Waals surface area (Å²) in [6.07, 6.45) is -2.22. The van der Waals surface area contributed by atoms with Gasteiger partial charge in [0.15, 0.2) is 18.9 Å². The first kappa shape index (κ1) is 29.8. The minimum Gasteiger partial charge on any atom is -0.388 e. The molecule has 0 saturated carbocycles. The third kappa shape index (κ3) is 7.78. The van der Waals surface area contributed by atoms with E-state index in [9.17, 15) is 10.2 Å². The first-order valence-electron chi connectivity index (χ1n) is 11.8. The second-order valence-electron chi connectivity index (χ2n) is 8.90. The van der Waals surface area contributed by atoms with Crippen molar-refractivity contribution in [1.29, 1.82) is 0 Å². The van der Waals surface area contributed by atoms with E-state index in [1.54, 1.807) is 35.5 Å². The van der Waals surface area contributed by atoms with Gasteiger partial charge in [0.1, 0.15) is 18.3 Å². The zero-order valence-corrected chi connectivity index (χ0v) is 21.6. The van der Waals surface area contributed by atoms with Gasteiger partial charge in [-0.3, -0.25) is 0 Å². The summed E-state index contributed by atoms with van der Waals surface area (Å²) in [5, 5.41) is 19.6. The van der Waals surface area contributed by atoms with Gasteiger partial charge in [0, 0.05) is 54.8 Å². The molecule has 2 N–H and O–H groups in total. The summed E-state index contributed by atoms with van der Waals surface area (Å²) in [5.74, 6) is 0. The van der Waals surface area contributed by atoms with E-state index in [2.05, 4.69) is 0 Å². The van der Waals surface area contributed by atoms with Crippen LogP contribution in [0.1, 0.15) is 40.0 Å². The van der Waals surface area contributed by atoms with Crippen molar-refractivity contribution in [2.75, 3.05) is 35.5 Å². The van der Waals surface area contributed by atoms with E-state index in [0.717, 1.165) is 0 Å². The third-order valence-corrected chi connectivity index (χ3v) is 6.67. The summed E-state index contributed by atoms with van der Waals surface area (Å²) in [4.78, 5) is 0. The fraction of sp³-hybridized carbons (Fsp3) is 1.00. The van der Waals surface area contributed by atoms with Gasteiger partial charge in [-0.1, -0.05) is 0 Å². The molecule has 0 spiro atoms. The molecular formula is C23H44O11. The molecule has 3 aliphatic heterocycles. The van der Waals surface area contributed by atoms with Gasteiger partial charge in [0.05, 0.1) is 36.6 Å². The van der Waals surface area contributed by atoms with Crippen LogP contribution in [0.2, 0.25) is 0 Å². The molecule has 202 valence electrons. The van der Waals surface area contributed by atoms with Gasteiger partial charge in [-0.2, -0.15) is 0 Å². The lowest BCUT2D eigenvalue weighted by molar-refractivity contribution is -0.312. The Balaban J connectivity index is 0.000000287. The van der Waals surface area contributed by atoms with Crippen molar-refractivity contribution in [3.63, 3.8) is 0 Å². The Morgan fingerprint density at radius 3 is 1.35 bits per heavy atom. The molecular weight excluding hydrogens is 452 g/mol. The van der Waals surface area contributed by atoms with Crippen LogP contribution in [0.25, 0.3) is 0 Å². The van der Waals surface area contributed by atoms with Crippen LogP contribution in [-0.4, -0.2) is 120 Å². The monoisotopic (exact) mass is 496 g/mol. The molecule has 11 nitrogen and oxygen atoms in total. The molecule has 12 atom stereocenters. The molecule has 11 heteroatoms. The molecule has 0 amide bonds. The fourth-order valence-electron chi connectivity index (χ4n) is 4.48. The number of rotatable bonds is 7. The largest absolute Gasteiger partial charge is 0.388 e. The standard InChI is InChI=1S/C15H28O7.C8H16O4/c1-8-14(16)10(17-3)6-13(20-8)22-15-9(2)21-12(19-5)7-11(15)18-4;1-5-8(9)6(10-2)4-7(11-3)12-5/h8-16H,6-7H2,1-5H3;5-9H,4H2,1-3H3. The topological polar surface area (TPSA) is 124 Å². The Labute approximate surface area is 202 Å². The summed E-state index contributed by atoms with van der Waals surface area (Å²) in [6.45, 7) is 5.54. The Kier molecular flexibility index (Phi) is 12.6. The number of hydrogen-bond donors (Lipinski definition) is 2. The van der Waals surface area contributed by atoms with E-state index >= 15 is 0 Å². The normalized spacial score (nSPS) is 45.4. The van der Waals surface area contributed by atoms with Crippen LogP contribution in [0.15, 0.2) is 0 Å². The lowest BCUT2D eigenvalue weighted by Gasteiger charge is -2.43. The van der Waals surface area contributed by atoms with Gasteiger partial charge in [-0.25, -0.2) is 0 Å². The Morgan fingerprint density at radius 1 is 0.529 bits per heavy atom. The van der Waals surface area contributed by atoms with E-state index in [0.29, 0.717) is 19.3 Å². The van der Waals surface area contributed by atoms with Crippen LogP contribution in [-0.2, 0) is 42.6 Å². The Bertz CT molecular complexity index is 567. The molecule has 12 unspecified atom stereocenters. The first-order chi connectivity index (χ1) is 16.2. The van der Waals surface area contributed by atoms with Crippen LogP contribution in [0, 0.1) is 0 Å². The molecule has 0 aromatic rings. The van der Waals surface area contributed by atoms with Crippen molar-refractivity contribution < 1.29 is 52.8 Å². The highest BCUT2D eigenvalue weighted by Gasteiger charge is 2.42. The number of methoxy groups -OCH3 is 5. The lowest BCUT2D eigenvalue weighted by Crippen LogP contribution is -2.54. The average molecular weight is 497 g/mol. The van der Waals surface area contributed by atoms with Crippen molar-refractivity contribution in [3.05, 3.63) is 0 Å². The van der Waals surface area contributed by atoms with Gasteiger partial charge in [0.25, 0.3) is 0 Å². The molecule has 0 aliphatic carbocycles. The lowest BCUT2D eigenvalue weighted by atomic mass is 10.00. The SMILES string of the molecule is COC1CC(OC)C(O)C(C)O1.COC1CC(OC)C(OC2CC(OC)C(O)C(C)O2)C(C)O1. The number of hydrogen-bond acceptors (Lipinski definition) is 11. The summed E-state index contributed by atoms with van der Waals surface area (Å²) in [6, 6.07) is 0. The maximum Gasteiger partial charge on any atom is 0.161 e. The zero-order valence-electron chi connectivity index (χ0n) is 21.6. The fourth-order valence-corrected chi connectivity index (χ4v) is 4.48. The highest BCUT2D eigenvalue weighted by molar-refractivity contribution is 4.86. The van der Waals surface area contributed by atoms with E-state index in [1.807, 2.05) is 20.8 Å². The molecule has 3 heterocycles. The van der Waals surface area contributed by atoms with E-state index < -0.39 is 18.5 Å². The highest BCUT2D eigenvalue weighted by Crippen LogP contribution is 2.30. The summed E-state index contributed by atoms with van der Waals surface area (Å²) in [7, 11) is 8.01. The van der Waals surface area contributed by atoms with E-state index in [1.165, 1.54) is 0 Å². The summed E-state index contributed by atoms with van der Waals surface area (Å²) < 4.78 is 49.1. The molecule has 0 aromatic carbocycles. The van der Waals surface area contributed by atoms with Crippen LogP contribution < -0.4 is 0 Å². The minimum atomic E-state index is -0.652. The molecule has 0 bridgehead atoms. The summed E-state index contributed by atoms with van der Waals surface area (Å²) in [5.41, 5.74) is 0.